The highest BCUT2D eigenvalue weighted by atomic mass is 32.2. The highest BCUT2D eigenvalue weighted by Crippen LogP contribution is 2.23. The van der Waals surface area contributed by atoms with E-state index in [1.54, 1.807) is 53.1 Å². The number of para-hydroxylation sites is 1. The molecule has 0 aromatic heterocycles. The number of carbonyl (C=O) groups excluding carboxylic acids is 2. The molecule has 1 heterocycles. The first-order valence-electron chi connectivity index (χ1n) is 9.69. The Hall–Kier alpha value is -3.07. The molecule has 0 atom stereocenters. The van der Waals surface area contributed by atoms with Gasteiger partial charge >= 0.3 is 6.09 Å². The molecule has 1 aliphatic rings. The van der Waals surface area contributed by atoms with Crippen LogP contribution in [0, 0.1) is 0 Å². The third kappa shape index (κ3) is 4.56. The second-order valence-electron chi connectivity index (χ2n) is 6.81. The minimum absolute atomic E-state index is 0.0462. The Labute approximate surface area is 176 Å². The van der Waals surface area contributed by atoms with Gasteiger partial charge in [-0.15, -0.1) is 0 Å². The Kier molecular flexibility index (Phi) is 6.61. The molecule has 1 aliphatic heterocycles. The zero-order valence-corrected chi connectivity index (χ0v) is 17.8. The van der Waals surface area contributed by atoms with Crippen molar-refractivity contribution in [2.45, 2.75) is 11.8 Å². The van der Waals surface area contributed by atoms with Crippen molar-refractivity contribution in [2.75, 3.05) is 44.1 Å². The van der Waals surface area contributed by atoms with Gasteiger partial charge in [-0.05, 0) is 37.3 Å². The average molecular weight is 432 g/mol. The molecule has 2 aromatic rings. The first kappa shape index (κ1) is 21.6. The van der Waals surface area contributed by atoms with E-state index in [1.165, 1.54) is 23.5 Å². The molecule has 0 N–H and O–H groups in total. The van der Waals surface area contributed by atoms with E-state index < -0.39 is 10.0 Å². The van der Waals surface area contributed by atoms with Gasteiger partial charge < -0.3 is 14.5 Å². The molecular formula is C21H25N3O5S. The zero-order chi connectivity index (χ0) is 21.7. The van der Waals surface area contributed by atoms with Crippen LogP contribution in [-0.2, 0) is 14.8 Å². The van der Waals surface area contributed by atoms with Crippen molar-refractivity contribution in [1.82, 2.24) is 9.80 Å². The van der Waals surface area contributed by atoms with E-state index in [1.807, 2.05) is 6.07 Å². The summed E-state index contributed by atoms with van der Waals surface area (Å²) in [5.41, 5.74) is 0.825. The molecule has 2 amide bonds. The fourth-order valence-corrected chi connectivity index (χ4v) is 4.46. The number of ether oxygens (including phenoxy) is 1. The Morgan fingerprint density at radius 2 is 1.60 bits per heavy atom. The molecule has 0 saturated carbocycles. The topological polar surface area (TPSA) is 87.2 Å². The van der Waals surface area contributed by atoms with E-state index in [9.17, 15) is 18.0 Å². The van der Waals surface area contributed by atoms with E-state index in [2.05, 4.69) is 0 Å². The van der Waals surface area contributed by atoms with Crippen molar-refractivity contribution in [1.29, 1.82) is 0 Å². The molecule has 1 saturated heterocycles. The van der Waals surface area contributed by atoms with Crippen molar-refractivity contribution in [3.63, 3.8) is 0 Å². The van der Waals surface area contributed by atoms with Crippen molar-refractivity contribution in [3.05, 3.63) is 60.2 Å². The van der Waals surface area contributed by atoms with Gasteiger partial charge in [-0.25, -0.2) is 13.2 Å². The highest BCUT2D eigenvalue weighted by molar-refractivity contribution is 7.92. The minimum Gasteiger partial charge on any atom is -0.450 e. The van der Waals surface area contributed by atoms with Gasteiger partial charge in [-0.2, -0.15) is 0 Å². The van der Waals surface area contributed by atoms with E-state index in [0.717, 1.165) is 0 Å². The Morgan fingerprint density at radius 1 is 0.967 bits per heavy atom. The van der Waals surface area contributed by atoms with Crippen molar-refractivity contribution >= 4 is 27.7 Å². The molecule has 0 radical (unpaired) electrons. The number of nitrogens with zero attached hydrogens (tertiary/aromatic N) is 3. The van der Waals surface area contributed by atoms with E-state index in [0.29, 0.717) is 44.0 Å². The van der Waals surface area contributed by atoms with Gasteiger partial charge in [0.25, 0.3) is 15.9 Å². The van der Waals surface area contributed by atoms with Gasteiger partial charge in [0.1, 0.15) is 0 Å². The number of rotatable bonds is 5. The van der Waals surface area contributed by atoms with Crippen LogP contribution in [0.25, 0.3) is 0 Å². The second kappa shape index (κ2) is 9.17. The quantitative estimate of drug-likeness (QED) is 0.726. The zero-order valence-electron chi connectivity index (χ0n) is 17.0. The second-order valence-corrected chi connectivity index (χ2v) is 8.78. The SMILES string of the molecule is CCOC(=O)N1CCN(C(=O)c2cccc(S(=O)(=O)N(C)c3ccccc3)c2)CC1. The number of anilines is 1. The van der Waals surface area contributed by atoms with E-state index in [-0.39, 0.29) is 16.9 Å². The number of amides is 2. The summed E-state index contributed by atoms with van der Waals surface area (Å²) in [6, 6.07) is 14.8. The van der Waals surface area contributed by atoms with E-state index in [4.69, 9.17) is 4.74 Å². The lowest BCUT2D eigenvalue weighted by Gasteiger charge is -2.34. The lowest BCUT2D eigenvalue weighted by molar-refractivity contribution is 0.0570. The summed E-state index contributed by atoms with van der Waals surface area (Å²) in [5, 5.41) is 0. The van der Waals surface area contributed by atoms with Crippen LogP contribution < -0.4 is 4.31 Å². The molecule has 0 unspecified atom stereocenters. The van der Waals surface area contributed by atoms with Crippen molar-refractivity contribution in [3.8, 4) is 0 Å². The summed E-state index contributed by atoms with van der Waals surface area (Å²) in [6.07, 6.45) is -0.387. The van der Waals surface area contributed by atoms with Gasteiger partial charge in [-0.1, -0.05) is 24.3 Å². The molecule has 1 fully saturated rings. The van der Waals surface area contributed by atoms with Crippen molar-refractivity contribution < 1.29 is 22.7 Å². The Balaban J connectivity index is 1.74. The lowest BCUT2D eigenvalue weighted by atomic mass is 10.2. The molecule has 0 spiro atoms. The number of hydrogen-bond donors (Lipinski definition) is 0. The van der Waals surface area contributed by atoms with Crippen LogP contribution in [0.3, 0.4) is 0 Å². The number of carbonyl (C=O) groups is 2. The minimum atomic E-state index is -3.81. The molecule has 9 heteroatoms. The first-order valence-corrected chi connectivity index (χ1v) is 11.1. The van der Waals surface area contributed by atoms with Gasteiger partial charge in [0.05, 0.1) is 17.2 Å². The summed E-state index contributed by atoms with van der Waals surface area (Å²) in [5.74, 6) is -0.266. The standard InChI is InChI=1S/C21H25N3O5S/c1-3-29-21(26)24-14-12-23(13-15-24)20(25)17-8-7-11-19(16-17)30(27,28)22(2)18-9-5-4-6-10-18/h4-11,16H,3,12-15H2,1-2H3. The molecule has 8 nitrogen and oxygen atoms in total. The summed E-state index contributed by atoms with van der Waals surface area (Å²) >= 11 is 0. The van der Waals surface area contributed by atoms with Crippen LogP contribution in [0.1, 0.15) is 17.3 Å². The fourth-order valence-electron chi connectivity index (χ4n) is 3.21. The third-order valence-electron chi connectivity index (χ3n) is 4.95. The van der Waals surface area contributed by atoms with Gasteiger partial charge in [0, 0.05) is 38.8 Å². The van der Waals surface area contributed by atoms with Crippen LogP contribution in [0.4, 0.5) is 10.5 Å². The van der Waals surface area contributed by atoms with Crippen LogP contribution in [0.2, 0.25) is 0 Å². The monoisotopic (exact) mass is 431 g/mol. The molecule has 160 valence electrons. The van der Waals surface area contributed by atoms with Crippen molar-refractivity contribution in [2.24, 2.45) is 0 Å². The molecule has 3 rings (SSSR count). The summed E-state index contributed by atoms with van der Waals surface area (Å²) < 4.78 is 32.2. The van der Waals surface area contributed by atoms with Gasteiger partial charge in [-0.3, -0.25) is 9.10 Å². The maximum atomic E-state index is 13.0. The Morgan fingerprint density at radius 3 is 2.23 bits per heavy atom. The maximum Gasteiger partial charge on any atom is 0.409 e. The Bertz CT molecular complexity index is 1000. The summed E-state index contributed by atoms with van der Waals surface area (Å²) in [7, 11) is -2.33. The summed E-state index contributed by atoms with van der Waals surface area (Å²) in [4.78, 5) is 27.9. The smallest absolute Gasteiger partial charge is 0.409 e. The normalized spacial score (nSPS) is 14.3. The average Bonchev–Trinajstić information content (AvgIpc) is 2.79. The predicted octanol–water partition coefficient (Wildman–Crippen LogP) is 2.43. The van der Waals surface area contributed by atoms with Crippen LogP contribution in [-0.4, -0.2) is 70.1 Å². The van der Waals surface area contributed by atoms with E-state index >= 15 is 0 Å². The highest BCUT2D eigenvalue weighted by Gasteiger charge is 2.27. The molecule has 0 aliphatic carbocycles. The lowest BCUT2D eigenvalue weighted by Crippen LogP contribution is -2.50. The van der Waals surface area contributed by atoms with Crippen LogP contribution >= 0.6 is 0 Å². The van der Waals surface area contributed by atoms with Crippen LogP contribution in [0.5, 0.6) is 0 Å². The number of hydrogen-bond acceptors (Lipinski definition) is 5. The largest absolute Gasteiger partial charge is 0.450 e. The fraction of sp³-hybridized carbons (Fsp3) is 0.333. The number of sulfonamides is 1. The third-order valence-corrected chi connectivity index (χ3v) is 6.73. The number of piperazine rings is 1. The molecule has 30 heavy (non-hydrogen) atoms. The number of benzene rings is 2. The maximum absolute atomic E-state index is 13.0. The predicted molar refractivity (Wildman–Crippen MR) is 113 cm³/mol. The molecule has 2 aromatic carbocycles. The van der Waals surface area contributed by atoms with Gasteiger partial charge in [0.15, 0.2) is 0 Å². The molecular weight excluding hydrogens is 406 g/mol. The summed E-state index contributed by atoms with van der Waals surface area (Å²) in [6.45, 7) is 3.51. The first-order chi connectivity index (χ1) is 14.3. The molecule has 0 bridgehead atoms. The van der Waals surface area contributed by atoms with Crippen LogP contribution in [0.15, 0.2) is 59.5 Å². The van der Waals surface area contributed by atoms with Gasteiger partial charge in [0.2, 0.25) is 0 Å².